The van der Waals surface area contributed by atoms with E-state index in [1.165, 1.54) is 5.56 Å². The molecule has 0 spiro atoms. The van der Waals surface area contributed by atoms with Crippen molar-refractivity contribution in [3.8, 4) is 11.8 Å². The number of anilines is 2. The second kappa shape index (κ2) is 7.73. The summed E-state index contributed by atoms with van der Waals surface area (Å²) in [6.07, 6.45) is 2.16. The second-order valence-corrected chi connectivity index (χ2v) is 5.94. The average molecular weight is 335 g/mol. The first-order valence-corrected chi connectivity index (χ1v) is 8.13. The summed E-state index contributed by atoms with van der Waals surface area (Å²) in [5.74, 6) is 0.570. The third-order valence-electron chi connectivity index (χ3n) is 4.06. The Hall–Kier alpha value is -2.97. The molecule has 25 heavy (non-hydrogen) atoms. The molecule has 0 radical (unpaired) electrons. The molecule has 0 saturated carbocycles. The lowest BCUT2D eigenvalue weighted by Crippen LogP contribution is -2.16. The number of nitrogens with one attached hydrogen (secondary N) is 2. The maximum absolute atomic E-state index is 9.07. The van der Waals surface area contributed by atoms with E-state index >= 15 is 0 Å². The third-order valence-corrected chi connectivity index (χ3v) is 4.06. The van der Waals surface area contributed by atoms with Gasteiger partial charge in [-0.3, -0.25) is 0 Å². The van der Waals surface area contributed by atoms with Gasteiger partial charge in [0.1, 0.15) is 18.5 Å². The average Bonchev–Trinajstić information content (AvgIpc) is 2.61. The van der Waals surface area contributed by atoms with E-state index in [2.05, 4.69) is 47.9 Å². The molecule has 0 aromatic heterocycles. The Kier molecular flexibility index (Phi) is 5.22. The van der Waals surface area contributed by atoms with Crippen molar-refractivity contribution in [2.75, 3.05) is 37.6 Å². The number of ether oxygens (including phenoxy) is 2. The minimum absolute atomic E-state index is 0.484. The Morgan fingerprint density at radius 2 is 2.16 bits per heavy atom. The molecule has 0 aliphatic carbocycles. The van der Waals surface area contributed by atoms with Crippen LogP contribution in [0.25, 0.3) is 6.08 Å². The first-order valence-electron chi connectivity index (χ1n) is 8.13. The van der Waals surface area contributed by atoms with Crippen molar-refractivity contribution >= 4 is 17.5 Å². The molecule has 1 heterocycles. The zero-order valence-electron chi connectivity index (χ0n) is 14.4. The van der Waals surface area contributed by atoms with Gasteiger partial charge in [-0.2, -0.15) is 5.26 Å². The number of hydrogen-bond acceptors (Lipinski definition) is 5. The van der Waals surface area contributed by atoms with E-state index in [-0.39, 0.29) is 0 Å². The highest BCUT2D eigenvalue weighted by atomic mass is 16.5. The SMILES string of the molecule is COc1cc(NC/C2=C/c3cc(C)ccc3NCOC2)ccc1C#N. The zero-order chi connectivity index (χ0) is 17.6. The van der Waals surface area contributed by atoms with Crippen LogP contribution in [-0.4, -0.2) is 27.0 Å². The fourth-order valence-corrected chi connectivity index (χ4v) is 2.75. The Morgan fingerprint density at radius 1 is 1.28 bits per heavy atom. The van der Waals surface area contributed by atoms with E-state index < -0.39 is 0 Å². The maximum Gasteiger partial charge on any atom is 0.138 e. The number of rotatable bonds is 4. The number of aryl methyl sites for hydroxylation is 1. The molecule has 0 bridgehead atoms. The molecule has 2 aromatic carbocycles. The molecule has 128 valence electrons. The van der Waals surface area contributed by atoms with Crippen LogP contribution in [0.15, 0.2) is 42.0 Å². The van der Waals surface area contributed by atoms with Crippen molar-refractivity contribution in [1.29, 1.82) is 5.26 Å². The van der Waals surface area contributed by atoms with Crippen molar-refractivity contribution < 1.29 is 9.47 Å². The fraction of sp³-hybridized carbons (Fsp3) is 0.250. The maximum atomic E-state index is 9.07. The largest absolute Gasteiger partial charge is 0.495 e. The molecule has 3 rings (SSSR count). The van der Waals surface area contributed by atoms with Gasteiger partial charge in [0.15, 0.2) is 0 Å². The molecule has 0 atom stereocenters. The van der Waals surface area contributed by atoms with Gasteiger partial charge in [-0.1, -0.05) is 11.6 Å². The van der Waals surface area contributed by atoms with E-state index in [1.807, 2.05) is 12.1 Å². The number of benzene rings is 2. The minimum Gasteiger partial charge on any atom is -0.495 e. The van der Waals surface area contributed by atoms with Gasteiger partial charge in [0.05, 0.1) is 19.3 Å². The van der Waals surface area contributed by atoms with Gasteiger partial charge in [-0.25, -0.2) is 0 Å². The van der Waals surface area contributed by atoms with E-state index in [4.69, 9.17) is 14.7 Å². The lowest BCUT2D eigenvalue weighted by molar-refractivity contribution is 0.175. The highest BCUT2D eigenvalue weighted by Gasteiger charge is 2.08. The van der Waals surface area contributed by atoms with Crippen molar-refractivity contribution in [2.24, 2.45) is 0 Å². The van der Waals surface area contributed by atoms with Gasteiger partial charge < -0.3 is 20.1 Å². The summed E-state index contributed by atoms with van der Waals surface area (Å²) in [5.41, 5.74) is 6.04. The van der Waals surface area contributed by atoms with Gasteiger partial charge in [-0.15, -0.1) is 0 Å². The number of nitriles is 1. The monoisotopic (exact) mass is 335 g/mol. The van der Waals surface area contributed by atoms with Crippen LogP contribution in [0.5, 0.6) is 5.75 Å². The number of fused-ring (bicyclic) bond motifs is 1. The lowest BCUT2D eigenvalue weighted by Gasteiger charge is -2.18. The summed E-state index contributed by atoms with van der Waals surface area (Å²) in [7, 11) is 1.57. The Labute approximate surface area is 147 Å². The molecule has 5 heteroatoms. The van der Waals surface area contributed by atoms with E-state index in [0.717, 1.165) is 22.5 Å². The van der Waals surface area contributed by atoms with Crippen LogP contribution in [0.4, 0.5) is 11.4 Å². The molecule has 2 N–H and O–H groups in total. The van der Waals surface area contributed by atoms with Crippen molar-refractivity contribution in [3.63, 3.8) is 0 Å². The van der Waals surface area contributed by atoms with Crippen molar-refractivity contribution in [1.82, 2.24) is 0 Å². The van der Waals surface area contributed by atoms with Crippen molar-refractivity contribution in [3.05, 3.63) is 58.7 Å². The fourth-order valence-electron chi connectivity index (χ4n) is 2.75. The van der Waals surface area contributed by atoms with Gasteiger partial charge in [0.25, 0.3) is 0 Å². The van der Waals surface area contributed by atoms with Crippen LogP contribution in [0.1, 0.15) is 16.7 Å². The summed E-state index contributed by atoms with van der Waals surface area (Å²) in [4.78, 5) is 0. The molecular weight excluding hydrogens is 314 g/mol. The van der Waals surface area contributed by atoms with Gasteiger partial charge in [0, 0.05) is 24.0 Å². The molecule has 5 nitrogen and oxygen atoms in total. The van der Waals surface area contributed by atoms with Crippen LogP contribution in [0.3, 0.4) is 0 Å². The molecule has 1 aliphatic rings. The normalized spacial score (nSPS) is 15.5. The zero-order valence-corrected chi connectivity index (χ0v) is 14.4. The smallest absolute Gasteiger partial charge is 0.138 e. The molecule has 1 aliphatic heterocycles. The molecule has 2 aromatic rings. The molecule has 0 amide bonds. The van der Waals surface area contributed by atoms with E-state index in [1.54, 1.807) is 13.2 Å². The summed E-state index contributed by atoms with van der Waals surface area (Å²) in [5, 5.41) is 15.7. The summed E-state index contributed by atoms with van der Waals surface area (Å²) < 4.78 is 10.9. The predicted molar refractivity (Wildman–Crippen MR) is 99.8 cm³/mol. The lowest BCUT2D eigenvalue weighted by atomic mass is 10.1. The van der Waals surface area contributed by atoms with Gasteiger partial charge in [-0.05, 0) is 48.4 Å². The number of methoxy groups -OCH3 is 1. The first-order chi connectivity index (χ1) is 12.2. The predicted octanol–water partition coefficient (Wildman–Crippen LogP) is 3.77. The van der Waals surface area contributed by atoms with Crippen LogP contribution >= 0.6 is 0 Å². The highest BCUT2D eigenvalue weighted by Crippen LogP contribution is 2.24. The van der Waals surface area contributed by atoms with E-state index in [0.29, 0.717) is 31.2 Å². The quantitative estimate of drug-likeness (QED) is 0.890. The van der Waals surface area contributed by atoms with Gasteiger partial charge in [0.2, 0.25) is 0 Å². The second-order valence-electron chi connectivity index (χ2n) is 5.94. The molecule has 0 fully saturated rings. The Balaban J connectivity index is 1.78. The first kappa shape index (κ1) is 16.9. The summed E-state index contributed by atoms with van der Waals surface area (Å²) in [6.45, 7) is 3.78. The standard InChI is InChI=1S/C20H21N3O2/c1-14-3-6-19-17(7-14)8-15(12-25-13-23-19)11-22-18-5-4-16(10-21)20(9-18)24-2/h3-9,22-23H,11-13H2,1-2H3/b15-8-. The third kappa shape index (κ3) is 4.11. The summed E-state index contributed by atoms with van der Waals surface area (Å²) in [6, 6.07) is 13.9. The van der Waals surface area contributed by atoms with Crippen molar-refractivity contribution in [2.45, 2.75) is 6.92 Å². The highest BCUT2D eigenvalue weighted by molar-refractivity contribution is 5.70. The number of nitrogens with zero attached hydrogens (tertiary/aromatic N) is 1. The van der Waals surface area contributed by atoms with Gasteiger partial charge >= 0.3 is 0 Å². The minimum atomic E-state index is 0.484. The molecular formula is C20H21N3O2. The Bertz CT molecular complexity index is 837. The molecule has 0 unspecified atom stereocenters. The summed E-state index contributed by atoms with van der Waals surface area (Å²) >= 11 is 0. The molecule has 0 saturated heterocycles. The number of hydrogen-bond donors (Lipinski definition) is 2. The Morgan fingerprint density at radius 3 is 2.96 bits per heavy atom. The topological polar surface area (TPSA) is 66.3 Å². The van der Waals surface area contributed by atoms with Crippen LogP contribution in [0.2, 0.25) is 0 Å². The van der Waals surface area contributed by atoms with Crippen LogP contribution in [-0.2, 0) is 4.74 Å². The van der Waals surface area contributed by atoms with E-state index in [9.17, 15) is 0 Å². The van der Waals surface area contributed by atoms with Crippen LogP contribution in [0, 0.1) is 18.3 Å². The van der Waals surface area contributed by atoms with Crippen LogP contribution < -0.4 is 15.4 Å².